The van der Waals surface area contributed by atoms with E-state index in [9.17, 15) is 4.79 Å². The number of rotatable bonds is 3. The summed E-state index contributed by atoms with van der Waals surface area (Å²) in [4.78, 5) is 10.9. The molecule has 0 heterocycles. The Morgan fingerprint density at radius 2 is 2.14 bits per heavy atom. The van der Waals surface area contributed by atoms with Gasteiger partial charge < -0.3 is 4.79 Å². The molecule has 1 heteroatoms. The molecule has 0 saturated carbocycles. The molecule has 14 heavy (non-hydrogen) atoms. The maximum absolute atomic E-state index is 10.9. The van der Waals surface area contributed by atoms with Gasteiger partial charge in [0.15, 0.2) is 0 Å². The first-order chi connectivity index (χ1) is 6.47. The van der Waals surface area contributed by atoms with Gasteiger partial charge in [0.1, 0.15) is 6.29 Å². The Labute approximate surface area is 87.6 Å². The van der Waals surface area contributed by atoms with E-state index in [0.717, 1.165) is 31.0 Å². The summed E-state index contributed by atoms with van der Waals surface area (Å²) in [6, 6.07) is 0. The summed E-state index contributed by atoms with van der Waals surface area (Å²) in [7, 11) is 0. The highest BCUT2D eigenvalue weighted by atomic mass is 16.1. The predicted octanol–water partition coefficient (Wildman–Crippen LogP) is 3.59. The van der Waals surface area contributed by atoms with Gasteiger partial charge in [0.2, 0.25) is 0 Å². The van der Waals surface area contributed by atoms with Crippen LogP contribution in [-0.4, -0.2) is 6.29 Å². The highest BCUT2D eigenvalue weighted by Gasteiger charge is 2.26. The second-order valence-electron chi connectivity index (χ2n) is 5.35. The van der Waals surface area contributed by atoms with E-state index >= 15 is 0 Å². The monoisotopic (exact) mass is 194 g/mol. The summed E-state index contributed by atoms with van der Waals surface area (Å²) >= 11 is 0. The average Bonchev–Trinajstić information content (AvgIpc) is 2.18. The molecule has 0 aliphatic heterocycles. The number of aldehydes is 1. The normalized spacial score (nSPS) is 23.5. The smallest absolute Gasteiger partial charge is 0.129 e. The zero-order valence-corrected chi connectivity index (χ0v) is 9.84. The molecule has 1 nitrogen and oxygen atoms in total. The topological polar surface area (TPSA) is 17.1 Å². The predicted molar refractivity (Wildman–Crippen MR) is 60.1 cm³/mol. The second kappa shape index (κ2) is 4.29. The van der Waals surface area contributed by atoms with Crippen LogP contribution >= 0.6 is 0 Å². The fraction of sp³-hybridized carbons (Fsp3) is 0.769. The van der Waals surface area contributed by atoms with Crippen LogP contribution < -0.4 is 0 Å². The highest BCUT2D eigenvalue weighted by molar-refractivity contribution is 5.63. The lowest BCUT2D eigenvalue weighted by Gasteiger charge is -2.30. The molecule has 0 aromatic heterocycles. The molecule has 0 amide bonds. The maximum Gasteiger partial charge on any atom is 0.129 e. The second-order valence-corrected chi connectivity index (χ2v) is 5.35. The van der Waals surface area contributed by atoms with Crippen molar-refractivity contribution in [2.24, 2.45) is 17.3 Å². The number of carbonyl (C=O) groups is 1. The number of hydrogen-bond donors (Lipinski definition) is 0. The van der Waals surface area contributed by atoms with Crippen molar-refractivity contribution in [3.8, 4) is 0 Å². The van der Waals surface area contributed by atoms with Crippen molar-refractivity contribution in [3.63, 3.8) is 0 Å². The summed E-state index contributed by atoms with van der Waals surface area (Å²) in [5.41, 5.74) is 1.10. The molecule has 0 spiro atoms. The molecule has 80 valence electrons. The van der Waals surface area contributed by atoms with Gasteiger partial charge in [0, 0.05) is 5.41 Å². The van der Waals surface area contributed by atoms with E-state index in [1.54, 1.807) is 0 Å². The van der Waals surface area contributed by atoms with Crippen LogP contribution in [0.1, 0.15) is 47.0 Å². The quantitative estimate of drug-likeness (QED) is 0.495. The zero-order valence-electron chi connectivity index (χ0n) is 9.84. The molecular formula is C13H22O. The number of carbonyl (C=O) groups excluding carboxylic acids is 1. The van der Waals surface area contributed by atoms with Gasteiger partial charge >= 0.3 is 0 Å². The van der Waals surface area contributed by atoms with Crippen LogP contribution in [0, 0.1) is 17.3 Å². The van der Waals surface area contributed by atoms with E-state index < -0.39 is 0 Å². The minimum atomic E-state index is -0.234. The summed E-state index contributed by atoms with van der Waals surface area (Å²) in [5, 5.41) is 0. The van der Waals surface area contributed by atoms with Crippen LogP contribution in [-0.2, 0) is 4.79 Å². The largest absolute Gasteiger partial charge is 0.302 e. The molecule has 0 bridgehead atoms. The molecular weight excluding hydrogens is 172 g/mol. The first-order valence-electron chi connectivity index (χ1n) is 5.63. The van der Waals surface area contributed by atoms with Gasteiger partial charge in [-0.3, -0.25) is 0 Å². The standard InChI is InChI=1S/C13H22O/c1-10(2)11-5-7-12(8-6-11)13(3,4)9-14/h7,9-11H,5-6,8H2,1-4H3/t11-/m1/s1. The van der Waals surface area contributed by atoms with Crippen LogP contribution in [0.3, 0.4) is 0 Å². The van der Waals surface area contributed by atoms with Crippen molar-refractivity contribution in [2.75, 3.05) is 0 Å². The van der Waals surface area contributed by atoms with Crippen molar-refractivity contribution in [3.05, 3.63) is 11.6 Å². The Bertz CT molecular complexity index is 236. The van der Waals surface area contributed by atoms with E-state index in [0.29, 0.717) is 0 Å². The molecule has 0 saturated heterocycles. The molecule has 0 fully saturated rings. The third-order valence-corrected chi connectivity index (χ3v) is 3.52. The fourth-order valence-corrected chi connectivity index (χ4v) is 2.12. The van der Waals surface area contributed by atoms with E-state index in [2.05, 4.69) is 19.9 Å². The first-order valence-corrected chi connectivity index (χ1v) is 5.63. The van der Waals surface area contributed by atoms with E-state index in [-0.39, 0.29) is 5.41 Å². The molecule has 0 aromatic carbocycles. The van der Waals surface area contributed by atoms with Gasteiger partial charge in [-0.05, 0) is 44.9 Å². The Kier molecular flexibility index (Phi) is 3.52. The third-order valence-electron chi connectivity index (χ3n) is 3.52. The lowest BCUT2D eigenvalue weighted by atomic mass is 9.74. The van der Waals surface area contributed by atoms with Gasteiger partial charge in [-0.15, -0.1) is 0 Å². The SMILES string of the molecule is CC(C)[C@@H]1CC=C(C(C)(C)C=O)CC1. The van der Waals surface area contributed by atoms with Crippen LogP contribution in [0.2, 0.25) is 0 Å². The fourth-order valence-electron chi connectivity index (χ4n) is 2.12. The molecule has 1 aliphatic rings. The summed E-state index contributed by atoms with van der Waals surface area (Å²) in [6.07, 6.45) is 6.89. The molecule has 0 N–H and O–H groups in total. The van der Waals surface area contributed by atoms with Crippen LogP contribution in [0.15, 0.2) is 11.6 Å². The minimum absolute atomic E-state index is 0.234. The van der Waals surface area contributed by atoms with E-state index in [1.165, 1.54) is 12.0 Å². The van der Waals surface area contributed by atoms with Gasteiger partial charge in [0.25, 0.3) is 0 Å². The number of hydrogen-bond acceptors (Lipinski definition) is 1. The summed E-state index contributed by atoms with van der Waals surface area (Å²) < 4.78 is 0. The Morgan fingerprint density at radius 3 is 2.50 bits per heavy atom. The molecule has 0 unspecified atom stereocenters. The molecule has 1 atom stereocenters. The summed E-state index contributed by atoms with van der Waals surface area (Å²) in [6.45, 7) is 8.60. The van der Waals surface area contributed by atoms with E-state index in [4.69, 9.17) is 0 Å². The van der Waals surface area contributed by atoms with E-state index in [1.807, 2.05) is 13.8 Å². The third kappa shape index (κ3) is 2.46. The minimum Gasteiger partial charge on any atom is -0.302 e. The first kappa shape index (κ1) is 11.5. The molecule has 1 rings (SSSR count). The maximum atomic E-state index is 10.9. The molecule has 1 aliphatic carbocycles. The van der Waals surface area contributed by atoms with Crippen LogP contribution in [0.4, 0.5) is 0 Å². The van der Waals surface area contributed by atoms with Crippen molar-refractivity contribution in [1.82, 2.24) is 0 Å². The van der Waals surface area contributed by atoms with Gasteiger partial charge in [-0.25, -0.2) is 0 Å². The highest BCUT2D eigenvalue weighted by Crippen LogP contribution is 2.36. The van der Waals surface area contributed by atoms with Gasteiger partial charge in [-0.1, -0.05) is 25.5 Å². The van der Waals surface area contributed by atoms with Crippen molar-refractivity contribution in [2.45, 2.75) is 47.0 Å². The van der Waals surface area contributed by atoms with Crippen molar-refractivity contribution >= 4 is 6.29 Å². The molecule has 0 aromatic rings. The average molecular weight is 194 g/mol. The lowest BCUT2D eigenvalue weighted by Crippen LogP contribution is -2.21. The Balaban J connectivity index is 2.66. The van der Waals surface area contributed by atoms with Gasteiger partial charge in [0.05, 0.1) is 0 Å². The summed E-state index contributed by atoms with van der Waals surface area (Å²) in [5.74, 6) is 1.59. The van der Waals surface area contributed by atoms with Crippen molar-refractivity contribution in [1.29, 1.82) is 0 Å². The zero-order chi connectivity index (χ0) is 10.8. The van der Waals surface area contributed by atoms with Gasteiger partial charge in [-0.2, -0.15) is 0 Å². The Morgan fingerprint density at radius 1 is 1.50 bits per heavy atom. The van der Waals surface area contributed by atoms with Crippen LogP contribution in [0.25, 0.3) is 0 Å². The molecule has 0 radical (unpaired) electrons. The lowest BCUT2D eigenvalue weighted by molar-refractivity contribution is -0.113. The Hall–Kier alpha value is -0.590. The van der Waals surface area contributed by atoms with Crippen molar-refractivity contribution < 1.29 is 4.79 Å². The van der Waals surface area contributed by atoms with Crippen LogP contribution in [0.5, 0.6) is 0 Å². The number of allylic oxidation sites excluding steroid dienone is 2.